The van der Waals surface area contributed by atoms with Gasteiger partial charge in [-0.25, -0.2) is 0 Å². The molecule has 0 fully saturated rings. The summed E-state index contributed by atoms with van der Waals surface area (Å²) < 4.78 is 0. The highest BCUT2D eigenvalue weighted by Gasteiger charge is 1.98. The van der Waals surface area contributed by atoms with E-state index in [2.05, 4.69) is 16.8 Å². The van der Waals surface area contributed by atoms with Crippen LogP contribution >= 0.6 is 0 Å². The lowest BCUT2D eigenvalue weighted by Gasteiger charge is -2.22. The third kappa shape index (κ3) is 5.37. The van der Waals surface area contributed by atoms with Crippen LogP contribution in [0.25, 0.3) is 0 Å². The molecule has 0 amide bonds. The maximum absolute atomic E-state index is 5.49. The summed E-state index contributed by atoms with van der Waals surface area (Å²) in [7, 11) is 0. The Balaban J connectivity index is 4.18. The number of hydrogen-bond acceptors (Lipinski definition) is 4. The second-order valence-electron chi connectivity index (χ2n) is 2.82. The lowest BCUT2D eigenvalue weighted by Crippen LogP contribution is -2.27. The van der Waals surface area contributed by atoms with Crippen molar-refractivity contribution in [1.82, 2.24) is 4.90 Å². The number of nitrogens with two attached hydrogens (primary N) is 2. The highest BCUT2D eigenvalue weighted by molar-refractivity contribution is 5.72. The van der Waals surface area contributed by atoms with Crippen molar-refractivity contribution in [3.63, 3.8) is 0 Å². The minimum Gasteiger partial charge on any atom is -0.403 e. The first-order valence-electron chi connectivity index (χ1n) is 4.78. The second kappa shape index (κ2) is 8.31. The fourth-order valence-corrected chi connectivity index (χ4v) is 1.10. The maximum atomic E-state index is 5.49. The maximum Gasteiger partial charge on any atom is 0.0422 e. The third-order valence-electron chi connectivity index (χ3n) is 1.85. The lowest BCUT2D eigenvalue weighted by atomic mass is 10.3. The Labute approximate surface area is 86.0 Å². The molecular weight excluding hydrogens is 176 g/mol. The van der Waals surface area contributed by atoms with Gasteiger partial charge in [0, 0.05) is 43.9 Å². The van der Waals surface area contributed by atoms with E-state index in [1.807, 2.05) is 13.0 Å². The van der Waals surface area contributed by atoms with E-state index in [-0.39, 0.29) is 0 Å². The zero-order valence-corrected chi connectivity index (χ0v) is 8.98. The Kier molecular flexibility index (Phi) is 7.55. The molecule has 0 aliphatic heterocycles. The van der Waals surface area contributed by atoms with E-state index >= 15 is 0 Å². The summed E-state index contributed by atoms with van der Waals surface area (Å²) in [5, 5.41) is 0. The SMILES string of the molecule is CCN(CCN)/C(C)=C/C=N/C=C/N. The van der Waals surface area contributed by atoms with Gasteiger partial charge in [-0.15, -0.1) is 0 Å². The Hall–Kier alpha value is -1.29. The van der Waals surface area contributed by atoms with Crippen molar-refractivity contribution in [3.05, 3.63) is 24.2 Å². The van der Waals surface area contributed by atoms with E-state index in [9.17, 15) is 0 Å². The smallest absolute Gasteiger partial charge is 0.0422 e. The normalized spacial score (nSPS) is 12.9. The van der Waals surface area contributed by atoms with Crippen molar-refractivity contribution in [3.8, 4) is 0 Å². The van der Waals surface area contributed by atoms with Crippen LogP contribution < -0.4 is 11.5 Å². The van der Waals surface area contributed by atoms with Crippen molar-refractivity contribution in [2.75, 3.05) is 19.6 Å². The summed E-state index contributed by atoms with van der Waals surface area (Å²) in [6.07, 6.45) is 6.61. The molecular formula is C10H20N4. The largest absolute Gasteiger partial charge is 0.403 e. The summed E-state index contributed by atoms with van der Waals surface area (Å²) in [5.74, 6) is 0. The molecule has 0 radical (unpaired) electrons. The van der Waals surface area contributed by atoms with Crippen molar-refractivity contribution >= 4 is 6.21 Å². The first-order chi connectivity index (χ1) is 6.76. The average molecular weight is 196 g/mol. The molecule has 0 heterocycles. The number of rotatable bonds is 6. The predicted octanol–water partition coefficient (Wildman–Crippen LogP) is 0.672. The summed E-state index contributed by atoms with van der Waals surface area (Å²) in [6, 6.07) is 0. The van der Waals surface area contributed by atoms with Gasteiger partial charge in [-0.2, -0.15) is 0 Å². The summed E-state index contributed by atoms with van der Waals surface area (Å²) in [5.41, 5.74) is 11.8. The molecule has 4 N–H and O–H groups in total. The van der Waals surface area contributed by atoms with Gasteiger partial charge in [0.05, 0.1) is 0 Å². The first-order valence-corrected chi connectivity index (χ1v) is 4.78. The average Bonchev–Trinajstić information content (AvgIpc) is 2.20. The number of nitrogens with zero attached hydrogens (tertiary/aromatic N) is 2. The highest BCUT2D eigenvalue weighted by Crippen LogP contribution is 2.00. The van der Waals surface area contributed by atoms with E-state index in [1.54, 1.807) is 12.4 Å². The molecule has 0 rings (SSSR count). The van der Waals surface area contributed by atoms with E-state index in [0.29, 0.717) is 6.54 Å². The van der Waals surface area contributed by atoms with Gasteiger partial charge >= 0.3 is 0 Å². The molecule has 0 unspecified atom stereocenters. The van der Waals surface area contributed by atoms with Crippen LogP contribution in [0, 0.1) is 0 Å². The van der Waals surface area contributed by atoms with Crippen LogP contribution in [0.1, 0.15) is 13.8 Å². The molecule has 0 aromatic rings. The molecule has 4 heteroatoms. The van der Waals surface area contributed by atoms with Crippen LogP contribution in [-0.2, 0) is 0 Å². The van der Waals surface area contributed by atoms with Gasteiger partial charge in [-0.3, -0.25) is 4.99 Å². The van der Waals surface area contributed by atoms with Gasteiger partial charge < -0.3 is 16.4 Å². The molecule has 0 aliphatic carbocycles. The van der Waals surface area contributed by atoms with Crippen LogP contribution in [0.2, 0.25) is 0 Å². The summed E-state index contributed by atoms with van der Waals surface area (Å²) in [4.78, 5) is 6.13. The zero-order valence-electron chi connectivity index (χ0n) is 8.98. The standard InChI is InChI=1S/C10H20N4/c1-3-14(9-6-12)10(2)4-7-13-8-5-11/h4-5,7-8H,3,6,9,11-12H2,1-2H3/b8-5+,10-4+,13-7+. The van der Waals surface area contributed by atoms with E-state index in [4.69, 9.17) is 11.5 Å². The molecule has 0 saturated carbocycles. The van der Waals surface area contributed by atoms with E-state index < -0.39 is 0 Å². The van der Waals surface area contributed by atoms with Crippen LogP contribution in [0.4, 0.5) is 0 Å². The van der Waals surface area contributed by atoms with Gasteiger partial charge in [0.2, 0.25) is 0 Å². The lowest BCUT2D eigenvalue weighted by molar-refractivity contribution is 0.373. The van der Waals surface area contributed by atoms with Gasteiger partial charge in [-0.05, 0) is 19.9 Å². The Morgan fingerprint density at radius 2 is 2.21 bits per heavy atom. The van der Waals surface area contributed by atoms with Gasteiger partial charge in [0.1, 0.15) is 0 Å². The second-order valence-corrected chi connectivity index (χ2v) is 2.82. The summed E-state index contributed by atoms with van der Waals surface area (Å²) in [6.45, 7) is 6.64. The van der Waals surface area contributed by atoms with Gasteiger partial charge in [-0.1, -0.05) is 0 Å². The monoisotopic (exact) mass is 196 g/mol. The predicted molar refractivity (Wildman–Crippen MR) is 61.9 cm³/mol. The van der Waals surface area contributed by atoms with E-state index in [1.165, 1.54) is 6.20 Å². The molecule has 0 aromatic carbocycles. The molecule has 0 aliphatic rings. The van der Waals surface area contributed by atoms with Crippen LogP contribution in [0.15, 0.2) is 29.2 Å². The van der Waals surface area contributed by atoms with Crippen molar-refractivity contribution < 1.29 is 0 Å². The first kappa shape index (κ1) is 12.7. The molecule has 14 heavy (non-hydrogen) atoms. The van der Waals surface area contributed by atoms with Gasteiger partial charge in [0.15, 0.2) is 0 Å². The number of aliphatic imine (C=N–C) groups is 1. The van der Waals surface area contributed by atoms with Crippen LogP contribution in [0.5, 0.6) is 0 Å². The zero-order chi connectivity index (χ0) is 10.8. The Morgan fingerprint density at radius 3 is 2.71 bits per heavy atom. The molecule has 80 valence electrons. The van der Waals surface area contributed by atoms with Crippen LogP contribution in [0.3, 0.4) is 0 Å². The van der Waals surface area contributed by atoms with Crippen molar-refractivity contribution in [2.24, 2.45) is 16.5 Å². The Bertz CT molecular complexity index is 218. The molecule has 0 saturated heterocycles. The number of hydrogen-bond donors (Lipinski definition) is 2. The third-order valence-corrected chi connectivity index (χ3v) is 1.85. The molecule has 0 atom stereocenters. The quantitative estimate of drug-likeness (QED) is 0.614. The summed E-state index contributed by atoms with van der Waals surface area (Å²) >= 11 is 0. The van der Waals surface area contributed by atoms with Crippen LogP contribution in [-0.4, -0.2) is 30.7 Å². The van der Waals surface area contributed by atoms with Crippen molar-refractivity contribution in [1.29, 1.82) is 0 Å². The van der Waals surface area contributed by atoms with Crippen molar-refractivity contribution in [2.45, 2.75) is 13.8 Å². The Morgan fingerprint density at radius 1 is 1.50 bits per heavy atom. The van der Waals surface area contributed by atoms with E-state index in [0.717, 1.165) is 18.8 Å². The minimum atomic E-state index is 0.666. The minimum absolute atomic E-state index is 0.666. The number of allylic oxidation sites excluding steroid dienone is 2. The molecule has 0 bridgehead atoms. The highest BCUT2D eigenvalue weighted by atomic mass is 15.1. The molecule has 4 nitrogen and oxygen atoms in total. The topological polar surface area (TPSA) is 67.6 Å². The van der Waals surface area contributed by atoms with Gasteiger partial charge in [0.25, 0.3) is 0 Å². The fourth-order valence-electron chi connectivity index (χ4n) is 1.10. The molecule has 0 spiro atoms. The fraction of sp³-hybridized carbons (Fsp3) is 0.500. The number of likely N-dealkylation sites (N-methyl/N-ethyl adjacent to an activating group) is 1. The molecule has 0 aromatic heterocycles.